The van der Waals surface area contributed by atoms with Gasteiger partial charge in [-0.05, 0) is 31.1 Å². The lowest BCUT2D eigenvalue weighted by atomic mass is 10.1. The molecule has 1 amide bonds. The lowest BCUT2D eigenvalue weighted by Gasteiger charge is -2.11. The predicted octanol–water partition coefficient (Wildman–Crippen LogP) is 1.66. The van der Waals surface area contributed by atoms with Crippen LogP contribution in [0.5, 0.6) is 0 Å². The summed E-state index contributed by atoms with van der Waals surface area (Å²) < 4.78 is 1.74. The largest absolute Gasteiger partial charge is 0.373 e. The van der Waals surface area contributed by atoms with Crippen molar-refractivity contribution in [1.82, 2.24) is 24.9 Å². The van der Waals surface area contributed by atoms with Gasteiger partial charge in [0.1, 0.15) is 17.9 Å². The van der Waals surface area contributed by atoms with Crippen molar-refractivity contribution in [3.63, 3.8) is 0 Å². The van der Waals surface area contributed by atoms with E-state index in [1.54, 1.807) is 29.2 Å². The molecule has 4 N–H and O–H groups in total. The highest BCUT2D eigenvalue weighted by Crippen LogP contribution is 2.29. The number of pyridine rings is 1. The number of aliphatic hydroxyl groups is 1. The molecule has 1 aliphatic carbocycles. The molecule has 0 bridgehead atoms. The number of nitrogens with zero attached hydrogens (tertiary/aromatic N) is 4. The summed E-state index contributed by atoms with van der Waals surface area (Å²) in [7, 11) is 0. The molecule has 1 saturated carbocycles. The summed E-state index contributed by atoms with van der Waals surface area (Å²) in [6, 6.07) is 6.09. The number of amides is 1. The molecule has 0 spiro atoms. The van der Waals surface area contributed by atoms with E-state index in [1.807, 2.05) is 18.2 Å². The Kier molecular flexibility index (Phi) is 3.94. The topological polar surface area (TPSA) is 116 Å². The Morgan fingerprint density at radius 2 is 2.11 bits per heavy atom. The van der Waals surface area contributed by atoms with E-state index in [1.165, 1.54) is 0 Å². The van der Waals surface area contributed by atoms with Crippen molar-refractivity contribution in [2.45, 2.75) is 31.5 Å². The number of carbonyl (C=O) groups excluding carboxylic acids is 1. The molecule has 28 heavy (non-hydrogen) atoms. The lowest BCUT2D eigenvalue weighted by molar-refractivity contribution is -0.117. The van der Waals surface area contributed by atoms with Gasteiger partial charge in [0.15, 0.2) is 5.65 Å². The first-order chi connectivity index (χ1) is 13.7. The van der Waals surface area contributed by atoms with Gasteiger partial charge in [0.05, 0.1) is 6.20 Å². The minimum absolute atomic E-state index is 0.262. The van der Waals surface area contributed by atoms with E-state index in [0.29, 0.717) is 23.1 Å². The van der Waals surface area contributed by atoms with Crippen LogP contribution in [0.3, 0.4) is 0 Å². The molecule has 9 heteroatoms. The lowest BCUT2D eigenvalue weighted by Crippen LogP contribution is -2.24. The molecule has 1 saturated heterocycles. The fourth-order valence-electron chi connectivity index (χ4n) is 3.18. The minimum Gasteiger partial charge on any atom is -0.373 e. The second kappa shape index (κ2) is 6.61. The Bertz CT molecular complexity index is 1070. The number of anilines is 3. The number of rotatable bonds is 5. The van der Waals surface area contributed by atoms with Gasteiger partial charge in [-0.2, -0.15) is 9.61 Å². The molecule has 2 fully saturated rings. The number of hydrogen-bond donors (Lipinski definition) is 4. The normalized spacial score (nSPS) is 20.5. The number of carbonyl (C=O) groups is 1. The standard InChI is InChI=1S/C19H19N7O2/c27-17-8-11(19(28)25-17)7-12-10-21-26-16(23-13-1-2-13)9-15(24-18(12)26)22-14-3-5-20-6-4-14/h3-7,9-10,13,17,23,27H,1-2,8H2,(H,25,28)(H,20,22,24)/b11-7+. The second-order valence-corrected chi connectivity index (χ2v) is 7.00. The third-order valence-electron chi connectivity index (χ3n) is 4.71. The van der Waals surface area contributed by atoms with Gasteiger partial charge >= 0.3 is 0 Å². The van der Waals surface area contributed by atoms with Crippen molar-refractivity contribution >= 4 is 35.0 Å². The maximum atomic E-state index is 12.0. The van der Waals surface area contributed by atoms with Crippen LogP contribution < -0.4 is 16.0 Å². The van der Waals surface area contributed by atoms with Crippen LogP contribution >= 0.6 is 0 Å². The Hall–Kier alpha value is -3.46. The van der Waals surface area contributed by atoms with Gasteiger partial charge in [-0.25, -0.2) is 4.98 Å². The predicted molar refractivity (Wildman–Crippen MR) is 104 cm³/mol. The summed E-state index contributed by atoms with van der Waals surface area (Å²) in [5.41, 5.74) is 2.73. The van der Waals surface area contributed by atoms with E-state index in [2.05, 4.69) is 26.0 Å². The van der Waals surface area contributed by atoms with Crippen molar-refractivity contribution < 1.29 is 9.90 Å². The van der Waals surface area contributed by atoms with Crippen molar-refractivity contribution in [2.75, 3.05) is 10.6 Å². The van der Waals surface area contributed by atoms with E-state index in [9.17, 15) is 9.90 Å². The third kappa shape index (κ3) is 3.27. The number of aromatic nitrogens is 4. The van der Waals surface area contributed by atoms with Crippen LogP contribution in [0.15, 0.2) is 42.4 Å². The third-order valence-corrected chi connectivity index (χ3v) is 4.71. The van der Waals surface area contributed by atoms with Gasteiger partial charge in [-0.1, -0.05) is 0 Å². The van der Waals surface area contributed by atoms with Crippen molar-refractivity contribution in [3.8, 4) is 0 Å². The average Bonchev–Trinajstić information content (AvgIpc) is 3.32. The molecule has 3 aromatic heterocycles. The Morgan fingerprint density at radius 1 is 1.29 bits per heavy atom. The summed E-state index contributed by atoms with van der Waals surface area (Å²) in [5.74, 6) is 1.23. The van der Waals surface area contributed by atoms with Gasteiger partial charge in [0, 0.05) is 47.7 Å². The Morgan fingerprint density at radius 3 is 2.82 bits per heavy atom. The molecular formula is C19H19N7O2. The van der Waals surface area contributed by atoms with Gasteiger partial charge in [-0.15, -0.1) is 0 Å². The fourth-order valence-corrected chi connectivity index (χ4v) is 3.18. The smallest absolute Gasteiger partial charge is 0.249 e. The second-order valence-electron chi connectivity index (χ2n) is 7.00. The van der Waals surface area contributed by atoms with E-state index in [0.717, 1.165) is 29.9 Å². The average molecular weight is 377 g/mol. The molecule has 3 aromatic rings. The molecule has 0 aromatic carbocycles. The molecule has 9 nitrogen and oxygen atoms in total. The van der Waals surface area contributed by atoms with Crippen molar-refractivity contribution in [1.29, 1.82) is 0 Å². The van der Waals surface area contributed by atoms with Crippen LogP contribution in [-0.2, 0) is 4.79 Å². The van der Waals surface area contributed by atoms with Crippen molar-refractivity contribution in [3.05, 3.63) is 47.9 Å². The molecule has 1 unspecified atom stereocenters. The van der Waals surface area contributed by atoms with E-state index < -0.39 is 6.23 Å². The molecule has 4 heterocycles. The summed E-state index contributed by atoms with van der Waals surface area (Å²) in [5, 5.41) is 23.3. The molecule has 1 aliphatic heterocycles. The number of aliphatic hydroxyl groups excluding tert-OH is 1. The maximum Gasteiger partial charge on any atom is 0.249 e. The van der Waals surface area contributed by atoms with Crippen molar-refractivity contribution in [2.24, 2.45) is 0 Å². The molecule has 2 aliphatic rings. The zero-order valence-electron chi connectivity index (χ0n) is 15.0. The fraction of sp³-hybridized carbons (Fsp3) is 0.263. The maximum absolute atomic E-state index is 12.0. The zero-order chi connectivity index (χ0) is 19.1. The summed E-state index contributed by atoms with van der Waals surface area (Å²) in [4.78, 5) is 20.7. The summed E-state index contributed by atoms with van der Waals surface area (Å²) in [6.45, 7) is 0. The van der Waals surface area contributed by atoms with Crippen LogP contribution in [-0.4, -0.2) is 42.9 Å². The zero-order valence-corrected chi connectivity index (χ0v) is 15.0. The van der Waals surface area contributed by atoms with Gasteiger partial charge < -0.3 is 21.1 Å². The molecule has 0 radical (unpaired) electrons. The minimum atomic E-state index is -0.843. The van der Waals surface area contributed by atoms with Crippen LogP contribution in [0.1, 0.15) is 24.8 Å². The first-order valence-electron chi connectivity index (χ1n) is 9.17. The number of hydrogen-bond acceptors (Lipinski definition) is 7. The molecule has 142 valence electrons. The Labute approximate surface area is 160 Å². The number of fused-ring (bicyclic) bond motifs is 1. The highest BCUT2D eigenvalue weighted by Gasteiger charge is 2.26. The Balaban J connectivity index is 1.57. The van der Waals surface area contributed by atoms with Crippen LogP contribution in [0.2, 0.25) is 0 Å². The summed E-state index contributed by atoms with van der Waals surface area (Å²) >= 11 is 0. The van der Waals surface area contributed by atoms with Crippen LogP contribution in [0, 0.1) is 0 Å². The van der Waals surface area contributed by atoms with Gasteiger partial charge in [0.25, 0.3) is 0 Å². The van der Waals surface area contributed by atoms with E-state index in [-0.39, 0.29) is 12.3 Å². The summed E-state index contributed by atoms with van der Waals surface area (Å²) in [6.07, 6.45) is 8.52. The number of nitrogens with one attached hydrogen (secondary N) is 3. The monoisotopic (exact) mass is 377 g/mol. The molecule has 1 atom stereocenters. The molecular weight excluding hydrogens is 358 g/mol. The first kappa shape index (κ1) is 16.7. The molecule has 5 rings (SSSR count). The highest BCUT2D eigenvalue weighted by atomic mass is 16.3. The SMILES string of the molecule is O=C1NC(O)C/C1=C\c1cnn2c(NC3CC3)cc(Nc3ccncc3)nc12. The van der Waals surface area contributed by atoms with Crippen LogP contribution in [0.4, 0.5) is 17.3 Å². The van der Waals surface area contributed by atoms with E-state index >= 15 is 0 Å². The van der Waals surface area contributed by atoms with E-state index in [4.69, 9.17) is 4.98 Å². The highest BCUT2D eigenvalue weighted by molar-refractivity contribution is 6.00. The first-order valence-corrected chi connectivity index (χ1v) is 9.17. The van der Waals surface area contributed by atoms with Gasteiger partial charge in [0.2, 0.25) is 5.91 Å². The van der Waals surface area contributed by atoms with Gasteiger partial charge in [-0.3, -0.25) is 9.78 Å². The van der Waals surface area contributed by atoms with Crippen LogP contribution in [0.25, 0.3) is 11.7 Å². The quantitative estimate of drug-likeness (QED) is 0.500.